The summed E-state index contributed by atoms with van der Waals surface area (Å²) in [6.07, 6.45) is 0. The van der Waals surface area contributed by atoms with Crippen LogP contribution in [0, 0.1) is 0 Å². The van der Waals surface area contributed by atoms with Crippen LogP contribution in [-0.4, -0.2) is 67.7 Å². The molecule has 4 rings (SSSR count). The summed E-state index contributed by atoms with van der Waals surface area (Å²) in [5.74, 6) is -0.151. The van der Waals surface area contributed by atoms with Gasteiger partial charge >= 0.3 is 0 Å². The van der Waals surface area contributed by atoms with Gasteiger partial charge in [-0.25, -0.2) is 0 Å². The van der Waals surface area contributed by atoms with E-state index in [0.29, 0.717) is 6.54 Å². The van der Waals surface area contributed by atoms with Crippen molar-refractivity contribution in [3.05, 3.63) is 35.4 Å². The lowest BCUT2D eigenvalue weighted by Gasteiger charge is -2.55. The molecule has 1 aromatic carbocycles. The first kappa shape index (κ1) is 15.5. The van der Waals surface area contributed by atoms with E-state index in [9.17, 15) is 4.79 Å². The second-order valence-electron chi connectivity index (χ2n) is 7.15. The molecule has 120 valence electrons. The van der Waals surface area contributed by atoms with Gasteiger partial charge < -0.3 is 20.0 Å². The average Bonchev–Trinajstić information content (AvgIpc) is 2.51. The molecule has 3 N–H and O–H groups in total. The molecule has 5 nitrogen and oxygen atoms in total. The SMILES string of the molecule is CNCc1ccc(C[N+]23CC[N+](CC(N)=O)(CC2)CC3)cc1. The van der Waals surface area contributed by atoms with Crippen LogP contribution in [0.3, 0.4) is 0 Å². The van der Waals surface area contributed by atoms with Crippen LogP contribution in [0.15, 0.2) is 24.3 Å². The van der Waals surface area contributed by atoms with Crippen LogP contribution in [-0.2, 0) is 17.9 Å². The summed E-state index contributed by atoms with van der Waals surface area (Å²) in [4.78, 5) is 11.3. The smallest absolute Gasteiger partial charge is 0.272 e. The molecule has 1 aromatic rings. The molecule has 0 radical (unpaired) electrons. The molecule has 3 heterocycles. The number of rotatable bonds is 6. The summed E-state index contributed by atoms with van der Waals surface area (Å²) in [5, 5.41) is 3.19. The number of carbonyl (C=O) groups excluding carboxylic acids is 1. The number of hydrogen-bond acceptors (Lipinski definition) is 2. The molecule has 0 spiro atoms. The number of piperazine rings is 3. The second kappa shape index (κ2) is 5.99. The Morgan fingerprint density at radius 1 is 1.00 bits per heavy atom. The quantitative estimate of drug-likeness (QED) is 0.730. The zero-order chi connectivity index (χ0) is 15.6. The Labute approximate surface area is 132 Å². The van der Waals surface area contributed by atoms with Crippen molar-refractivity contribution in [3.8, 4) is 0 Å². The van der Waals surface area contributed by atoms with Crippen molar-refractivity contribution in [2.24, 2.45) is 5.73 Å². The number of nitrogens with zero attached hydrogens (tertiary/aromatic N) is 2. The van der Waals surface area contributed by atoms with Gasteiger partial charge in [-0.2, -0.15) is 0 Å². The lowest BCUT2D eigenvalue weighted by molar-refractivity contribution is -1.08. The van der Waals surface area contributed by atoms with Gasteiger partial charge in [-0.3, -0.25) is 4.79 Å². The van der Waals surface area contributed by atoms with E-state index in [1.165, 1.54) is 35.2 Å². The van der Waals surface area contributed by atoms with E-state index in [0.717, 1.165) is 37.2 Å². The monoisotopic (exact) mass is 304 g/mol. The minimum atomic E-state index is -0.151. The number of nitrogens with one attached hydrogen (secondary N) is 1. The Hall–Kier alpha value is -1.43. The number of benzene rings is 1. The lowest BCUT2D eigenvalue weighted by atomic mass is 10.0. The van der Waals surface area contributed by atoms with E-state index < -0.39 is 0 Å². The number of quaternary nitrogens is 2. The van der Waals surface area contributed by atoms with Crippen LogP contribution in [0.2, 0.25) is 0 Å². The molecule has 0 aromatic heterocycles. The second-order valence-corrected chi connectivity index (χ2v) is 7.15. The molecular formula is C17H28N4O+2. The zero-order valence-corrected chi connectivity index (χ0v) is 13.6. The number of amides is 1. The van der Waals surface area contributed by atoms with Crippen LogP contribution >= 0.6 is 0 Å². The standard InChI is InChI=1S/C17H27N4O/c1-19-12-15-2-4-16(5-3-15)13-20-6-9-21(10-7-20,11-8-20)14-17(18)22/h2-5,19H,6-14H2,1H3,(H-,18,22)/q+1/p+1. The molecule has 0 aliphatic carbocycles. The summed E-state index contributed by atoms with van der Waals surface area (Å²) in [5.41, 5.74) is 8.19. The summed E-state index contributed by atoms with van der Waals surface area (Å²) in [6, 6.07) is 9.00. The lowest BCUT2D eigenvalue weighted by Crippen LogP contribution is -2.75. The van der Waals surface area contributed by atoms with Gasteiger partial charge in [0.05, 0.1) is 0 Å². The van der Waals surface area contributed by atoms with Gasteiger partial charge in [0.25, 0.3) is 5.91 Å². The first-order valence-electron chi connectivity index (χ1n) is 8.26. The number of nitrogens with two attached hydrogens (primary N) is 1. The van der Waals surface area contributed by atoms with Gasteiger partial charge in [0.1, 0.15) is 45.8 Å². The van der Waals surface area contributed by atoms with E-state index in [1.54, 1.807) is 0 Å². The van der Waals surface area contributed by atoms with Crippen molar-refractivity contribution >= 4 is 5.91 Å². The molecule has 2 bridgehead atoms. The van der Waals surface area contributed by atoms with Gasteiger partial charge in [0.15, 0.2) is 6.54 Å². The van der Waals surface area contributed by atoms with Crippen molar-refractivity contribution in [1.82, 2.24) is 5.32 Å². The summed E-state index contributed by atoms with van der Waals surface area (Å²) in [7, 11) is 1.98. The summed E-state index contributed by atoms with van der Waals surface area (Å²) < 4.78 is 2.11. The molecule has 3 aliphatic rings. The van der Waals surface area contributed by atoms with Gasteiger partial charge in [-0.05, 0) is 12.6 Å². The largest absolute Gasteiger partial charge is 0.365 e. The molecule has 0 atom stereocenters. The fraction of sp³-hybridized carbons (Fsp3) is 0.588. The predicted octanol–water partition coefficient (Wildman–Crippen LogP) is 0.0521. The van der Waals surface area contributed by atoms with E-state index in [1.807, 2.05) is 7.05 Å². The summed E-state index contributed by atoms with van der Waals surface area (Å²) >= 11 is 0. The average molecular weight is 304 g/mol. The van der Waals surface area contributed by atoms with Crippen LogP contribution < -0.4 is 11.1 Å². The molecule has 1 amide bonds. The Bertz CT molecular complexity index is 516. The van der Waals surface area contributed by atoms with Crippen LogP contribution in [0.1, 0.15) is 11.1 Å². The van der Waals surface area contributed by atoms with Crippen molar-refractivity contribution < 1.29 is 13.8 Å². The van der Waals surface area contributed by atoms with Crippen LogP contribution in [0.5, 0.6) is 0 Å². The van der Waals surface area contributed by atoms with E-state index >= 15 is 0 Å². The Balaban J connectivity index is 1.64. The molecule has 3 saturated heterocycles. The molecule has 3 aliphatic heterocycles. The highest BCUT2D eigenvalue weighted by Crippen LogP contribution is 2.28. The van der Waals surface area contributed by atoms with Crippen LogP contribution in [0.25, 0.3) is 0 Å². The first-order valence-corrected chi connectivity index (χ1v) is 8.26. The minimum Gasteiger partial charge on any atom is -0.365 e. The maximum absolute atomic E-state index is 11.3. The van der Waals surface area contributed by atoms with Crippen molar-refractivity contribution in [1.29, 1.82) is 0 Å². The minimum absolute atomic E-state index is 0.151. The van der Waals surface area contributed by atoms with Crippen molar-refractivity contribution in [2.45, 2.75) is 13.1 Å². The third kappa shape index (κ3) is 3.16. The normalized spacial score (nSPS) is 30.4. The highest BCUT2D eigenvalue weighted by molar-refractivity contribution is 5.74. The van der Waals surface area contributed by atoms with Gasteiger partial charge in [0.2, 0.25) is 0 Å². The Morgan fingerprint density at radius 3 is 2.00 bits per heavy atom. The predicted molar refractivity (Wildman–Crippen MR) is 86.7 cm³/mol. The molecule has 0 unspecified atom stereocenters. The first-order chi connectivity index (χ1) is 10.5. The van der Waals surface area contributed by atoms with Crippen molar-refractivity contribution in [3.63, 3.8) is 0 Å². The number of hydrogen-bond donors (Lipinski definition) is 2. The molecule has 22 heavy (non-hydrogen) atoms. The van der Waals surface area contributed by atoms with Crippen LogP contribution in [0.4, 0.5) is 0 Å². The topological polar surface area (TPSA) is 55.1 Å². The maximum atomic E-state index is 11.3. The summed E-state index contributed by atoms with van der Waals surface area (Å²) in [6.45, 7) is 9.38. The Kier molecular flexibility index (Phi) is 4.21. The third-order valence-electron chi connectivity index (χ3n) is 5.56. The molecule has 3 fully saturated rings. The van der Waals surface area contributed by atoms with Gasteiger partial charge in [0, 0.05) is 12.1 Å². The van der Waals surface area contributed by atoms with E-state index in [4.69, 9.17) is 5.73 Å². The Morgan fingerprint density at radius 2 is 1.50 bits per heavy atom. The van der Waals surface area contributed by atoms with E-state index in [2.05, 4.69) is 29.6 Å². The highest BCUT2D eigenvalue weighted by Gasteiger charge is 2.49. The molecule has 5 heteroatoms. The molecular weight excluding hydrogens is 276 g/mol. The fourth-order valence-corrected chi connectivity index (χ4v) is 4.10. The zero-order valence-electron chi connectivity index (χ0n) is 13.6. The number of fused-ring (bicyclic) bond motifs is 3. The maximum Gasteiger partial charge on any atom is 0.272 e. The third-order valence-corrected chi connectivity index (χ3v) is 5.56. The van der Waals surface area contributed by atoms with Gasteiger partial charge in [-0.15, -0.1) is 0 Å². The van der Waals surface area contributed by atoms with Crippen molar-refractivity contribution in [2.75, 3.05) is 52.9 Å². The fourth-order valence-electron chi connectivity index (χ4n) is 4.10. The van der Waals surface area contributed by atoms with Gasteiger partial charge in [-0.1, -0.05) is 24.3 Å². The highest BCUT2D eigenvalue weighted by atomic mass is 16.1. The number of carbonyl (C=O) groups is 1. The number of primary amides is 1. The molecule has 0 saturated carbocycles. The van der Waals surface area contributed by atoms with E-state index in [-0.39, 0.29) is 5.91 Å².